The number of carbonyl (C=O) groups excluding carboxylic acids is 1. The van der Waals surface area contributed by atoms with E-state index >= 15 is 0 Å². The van der Waals surface area contributed by atoms with Crippen LogP contribution >= 0.6 is 11.8 Å². The Kier molecular flexibility index (Phi) is 4.40. The Morgan fingerprint density at radius 3 is 2.10 bits per heavy atom. The number of carbonyl (C=O) groups is 1. The smallest absolute Gasteiger partial charge is 0.238 e. The maximum atomic E-state index is 10.9. The van der Waals surface area contributed by atoms with E-state index in [4.69, 9.17) is 11.8 Å². The van der Waals surface area contributed by atoms with Crippen molar-refractivity contribution in [3.05, 3.63) is 0 Å². The minimum Gasteiger partial charge on any atom is -0.358 e. The average Bonchev–Trinajstić information content (AvgIpc) is 1.88. The van der Waals surface area contributed by atoms with Crippen LogP contribution in [0.15, 0.2) is 0 Å². The Morgan fingerprint density at radius 2 is 2.00 bits per heavy atom. The first kappa shape index (κ1) is 9.72. The molecule has 0 heterocycles. The number of amides is 1. The number of likely N-dealkylation sites (N-methyl/N-ethyl adjacent to an activating group) is 1. The SMILES string of the molecule is CNC(=O)[C@H](NCl)C(C)C. The van der Waals surface area contributed by atoms with E-state index in [-0.39, 0.29) is 17.9 Å². The molecule has 3 nitrogen and oxygen atoms in total. The third-order valence-electron chi connectivity index (χ3n) is 1.31. The summed E-state index contributed by atoms with van der Waals surface area (Å²) in [5.74, 6) is 0.127. The molecule has 4 heteroatoms. The maximum absolute atomic E-state index is 10.9. The van der Waals surface area contributed by atoms with E-state index in [0.29, 0.717) is 0 Å². The van der Waals surface area contributed by atoms with Gasteiger partial charge in [0.05, 0.1) is 0 Å². The zero-order valence-electron chi connectivity index (χ0n) is 6.44. The summed E-state index contributed by atoms with van der Waals surface area (Å²) in [4.78, 5) is 13.3. The fourth-order valence-electron chi connectivity index (χ4n) is 0.634. The summed E-state index contributed by atoms with van der Waals surface area (Å²) < 4.78 is 0. The second kappa shape index (κ2) is 4.52. The molecule has 0 aliphatic heterocycles. The average molecular weight is 165 g/mol. The van der Waals surface area contributed by atoms with Crippen LogP contribution in [0.4, 0.5) is 0 Å². The molecule has 0 rings (SSSR count). The van der Waals surface area contributed by atoms with Crippen LogP contribution in [0.1, 0.15) is 13.8 Å². The normalized spacial score (nSPS) is 13.3. The molecule has 0 fully saturated rings. The van der Waals surface area contributed by atoms with Gasteiger partial charge < -0.3 is 5.32 Å². The van der Waals surface area contributed by atoms with Gasteiger partial charge in [0.2, 0.25) is 5.91 Å². The van der Waals surface area contributed by atoms with Crippen LogP contribution in [0.5, 0.6) is 0 Å². The highest BCUT2D eigenvalue weighted by Crippen LogP contribution is 2.01. The second-order valence-electron chi connectivity index (χ2n) is 2.45. The third-order valence-corrected chi connectivity index (χ3v) is 1.55. The van der Waals surface area contributed by atoms with E-state index < -0.39 is 0 Å². The molecular weight excluding hydrogens is 152 g/mol. The summed E-state index contributed by atoms with van der Waals surface area (Å²) in [6, 6.07) is -0.299. The van der Waals surface area contributed by atoms with Gasteiger partial charge in [-0.25, -0.2) is 4.84 Å². The van der Waals surface area contributed by atoms with Crippen LogP contribution < -0.4 is 10.2 Å². The van der Waals surface area contributed by atoms with Crippen molar-refractivity contribution in [3.8, 4) is 0 Å². The molecule has 1 amide bonds. The van der Waals surface area contributed by atoms with Crippen molar-refractivity contribution in [2.45, 2.75) is 19.9 Å². The first-order chi connectivity index (χ1) is 4.63. The Morgan fingerprint density at radius 1 is 1.50 bits per heavy atom. The van der Waals surface area contributed by atoms with Gasteiger partial charge in [0, 0.05) is 7.05 Å². The van der Waals surface area contributed by atoms with Gasteiger partial charge in [-0.1, -0.05) is 13.8 Å². The first-order valence-electron chi connectivity index (χ1n) is 3.21. The number of hydrogen-bond acceptors (Lipinski definition) is 2. The van der Waals surface area contributed by atoms with Gasteiger partial charge in [0.15, 0.2) is 0 Å². The largest absolute Gasteiger partial charge is 0.358 e. The predicted octanol–water partition coefficient (Wildman–Crippen LogP) is 0.500. The van der Waals surface area contributed by atoms with Crippen molar-refractivity contribution in [1.82, 2.24) is 10.2 Å². The summed E-state index contributed by atoms with van der Waals surface area (Å²) in [7, 11) is 1.59. The van der Waals surface area contributed by atoms with Gasteiger partial charge in [-0.05, 0) is 17.7 Å². The van der Waals surface area contributed by atoms with E-state index in [1.165, 1.54) is 0 Å². The topological polar surface area (TPSA) is 41.1 Å². The van der Waals surface area contributed by atoms with Crippen molar-refractivity contribution in [1.29, 1.82) is 0 Å². The lowest BCUT2D eigenvalue weighted by molar-refractivity contribution is -0.123. The lowest BCUT2D eigenvalue weighted by Crippen LogP contribution is -2.42. The van der Waals surface area contributed by atoms with E-state index in [0.717, 1.165) is 0 Å². The molecular formula is C6H13ClN2O. The highest BCUT2D eigenvalue weighted by atomic mass is 35.5. The molecule has 10 heavy (non-hydrogen) atoms. The number of nitrogens with one attached hydrogen (secondary N) is 2. The van der Waals surface area contributed by atoms with E-state index in [1.54, 1.807) is 7.05 Å². The van der Waals surface area contributed by atoms with Crippen LogP contribution in [-0.2, 0) is 4.79 Å². The second-order valence-corrected chi connectivity index (χ2v) is 2.66. The quantitative estimate of drug-likeness (QED) is 0.597. The first-order valence-corrected chi connectivity index (χ1v) is 3.59. The van der Waals surface area contributed by atoms with Crippen molar-refractivity contribution < 1.29 is 4.79 Å². The van der Waals surface area contributed by atoms with Crippen molar-refractivity contribution in [3.63, 3.8) is 0 Å². The summed E-state index contributed by atoms with van der Waals surface area (Å²) >= 11 is 5.33. The molecule has 0 bridgehead atoms. The van der Waals surface area contributed by atoms with Gasteiger partial charge in [-0.2, -0.15) is 0 Å². The van der Waals surface area contributed by atoms with Gasteiger partial charge in [-0.3, -0.25) is 4.79 Å². The molecule has 0 saturated carbocycles. The highest BCUT2D eigenvalue weighted by Gasteiger charge is 2.18. The summed E-state index contributed by atoms with van der Waals surface area (Å²) in [5, 5.41) is 2.51. The maximum Gasteiger partial charge on any atom is 0.238 e. The van der Waals surface area contributed by atoms with E-state index in [1.807, 2.05) is 13.8 Å². The van der Waals surface area contributed by atoms with Crippen LogP contribution in [0.3, 0.4) is 0 Å². The highest BCUT2D eigenvalue weighted by molar-refractivity contribution is 6.15. The molecule has 1 atom stereocenters. The Balaban J connectivity index is 3.93. The van der Waals surface area contributed by atoms with E-state index in [9.17, 15) is 4.79 Å². The van der Waals surface area contributed by atoms with Crippen LogP contribution in [-0.4, -0.2) is 19.0 Å². The molecule has 0 aliphatic rings. The summed E-state index contributed by atoms with van der Waals surface area (Å²) in [5.41, 5.74) is 0. The fourth-order valence-corrected chi connectivity index (χ4v) is 0.985. The molecule has 0 aromatic heterocycles. The molecule has 0 saturated heterocycles. The van der Waals surface area contributed by atoms with E-state index in [2.05, 4.69) is 10.2 Å². The molecule has 0 radical (unpaired) electrons. The minimum absolute atomic E-state index is 0.0787. The van der Waals surface area contributed by atoms with Crippen molar-refractivity contribution in [2.75, 3.05) is 7.05 Å². The fraction of sp³-hybridized carbons (Fsp3) is 0.833. The molecule has 0 unspecified atom stereocenters. The van der Waals surface area contributed by atoms with Gasteiger partial charge in [-0.15, -0.1) is 0 Å². The Hall–Kier alpha value is -0.280. The third kappa shape index (κ3) is 2.54. The summed E-state index contributed by atoms with van der Waals surface area (Å²) in [6.45, 7) is 3.85. The monoisotopic (exact) mass is 164 g/mol. The number of hydrogen-bond donors (Lipinski definition) is 2. The zero-order chi connectivity index (χ0) is 8.15. The Labute approximate surface area is 66.2 Å². The number of halogens is 1. The molecule has 60 valence electrons. The molecule has 0 aromatic rings. The standard InChI is InChI=1S/C6H13ClN2O/c1-4(2)5(9-7)6(10)8-3/h4-5,9H,1-3H3,(H,8,10)/t5-/m1/s1. The molecule has 0 aliphatic carbocycles. The van der Waals surface area contributed by atoms with Crippen LogP contribution in [0.25, 0.3) is 0 Å². The van der Waals surface area contributed by atoms with Gasteiger partial charge in [0.1, 0.15) is 6.04 Å². The summed E-state index contributed by atoms with van der Waals surface area (Å²) in [6.07, 6.45) is 0. The molecule has 0 aromatic carbocycles. The zero-order valence-corrected chi connectivity index (χ0v) is 7.20. The van der Waals surface area contributed by atoms with Crippen molar-refractivity contribution >= 4 is 17.7 Å². The molecule has 0 spiro atoms. The van der Waals surface area contributed by atoms with Crippen LogP contribution in [0.2, 0.25) is 0 Å². The Bertz CT molecular complexity index is 116. The van der Waals surface area contributed by atoms with Crippen molar-refractivity contribution in [2.24, 2.45) is 5.92 Å². The van der Waals surface area contributed by atoms with Crippen LogP contribution in [0, 0.1) is 5.92 Å². The molecule has 2 N–H and O–H groups in total. The number of rotatable bonds is 3. The lowest BCUT2D eigenvalue weighted by Gasteiger charge is -2.15. The van der Waals surface area contributed by atoms with Gasteiger partial charge >= 0.3 is 0 Å². The lowest BCUT2D eigenvalue weighted by atomic mass is 10.1. The predicted molar refractivity (Wildman–Crippen MR) is 41.7 cm³/mol. The minimum atomic E-state index is -0.299. The van der Waals surface area contributed by atoms with Gasteiger partial charge in [0.25, 0.3) is 0 Å².